The molecule has 8 nitrogen and oxygen atoms in total. The number of hydrogen-bond acceptors (Lipinski definition) is 6. The molecule has 8 heteroatoms. The lowest BCUT2D eigenvalue weighted by Crippen LogP contribution is -2.38. The standard InChI is InChI=1S/C24H29N5O3/c30-24(25-18-20-4-2-1-3-5-20)11-6-21-19-29(27-26-21)22-7-9-23(10-8-22)32-17-14-28-12-15-31-16-13-28/h1-5,7-10,19H,6,11-18H2,(H,25,30). The fraction of sp³-hybridized carbons (Fsp3) is 0.375. The lowest BCUT2D eigenvalue weighted by molar-refractivity contribution is -0.121. The van der Waals surface area contributed by atoms with Gasteiger partial charge in [-0.25, -0.2) is 4.68 Å². The Morgan fingerprint density at radius 2 is 1.84 bits per heavy atom. The van der Waals surface area contributed by atoms with Crippen molar-refractivity contribution in [1.29, 1.82) is 0 Å². The van der Waals surface area contributed by atoms with Crippen molar-refractivity contribution in [2.75, 3.05) is 39.5 Å². The second kappa shape index (κ2) is 11.4. The van der Waals surface area contributed by atoms with Crippen molar-refractivity contribution in [2.45, 2.75) is 19.4 Å². The summed E-state index contributed by atoms with van der Waals surface area (Å²) in [6.07, 6.45) is 2.78. The highest BCUT2D eigenvalue weighted by molar-refractivity contribution is 5.76. The molecule has 3 aromatic rings. The van der Waals surface area contributed by atoms with Crippen molar-refractivity contribution in [1.82, 2.24) is 25.2 Å². The van der Waals surface area contributed by atoms with Crippen LogP contribution in [-0.2, 0) is 22.5 Å². The molecule has 0 bridgehead atoms. The van der Waals surface area contributed by atoms with Crippen molar-refractivity contribution in [2.24, 2.45) is 0 Å². The van der Waals surface area contributed by atoms with Gasteiger partial charge in [-0.3, -0.25) is 9.69 Å². The zero-order valence-corrected chi connectivity index (χ0v) is 18.2. The Bertz CT molecular complexity index is 969. The first-order valence-electron chi connectivity index (χ1n) is 11.0. The lowest BCUT2D eigenvalue weighted by atomic mass is 10.2. The van der Waals surface area contributed by atoms with Crippen LogP contribution in [-0.4, -0.2) is 65.3 Å². The number of hydrogen-bond donors (Lipinski definition) is 1. The van der Waals surface area contributed by atoms with E-state index in [1.54, 1.807) is 4.68 Å². The number of morpholine rings is 1. The van der Waals surface area contributed by atoms with Crippen LogP contribution < -0.4 is 10.1 Å². The van der Waals surface area contributed by atoms with E-state index >= 15 is 0 Å². The summed E-state index contributed by atoms with van der Waals surface area (Å²) < 4.78 is 12.9. The highest BCUT2D eigenvalue weighted by Gasteiger charge is 2.10. The normalized spacial score (nSPS) is 14.2. The zero-order chi connectivity index (χ0) is 22.0. The van der Waals surface area contributed by atoms with E-state index in [1.807, 2.05) is 60.8 Å². The number of carbonyl (C=O) groups is 1. The Labute approximate surface area is 188 Å². The van der Waals surface area contributed by atoms with Crippen molar-refractivity contribution >= 4 is 5.91 Å². The number of nitrogens with zero attached hydrogens (tertiary/aromatic N) is 4. The van der Waals surface area contributed by atoms with Gasteiger partial charge in [0.15, 0.2) is 0 Å². The first-order valence-corrected chi connectivity index (χ1v) is 11.0. The molecule has 0 unspecified atom stereocenters. The molecule has 0 radical (unpaired) electrons. The Balaban J connectivity index is 1.20. The maximum atomic E-state index is 12.1. The van der Waals surface area contributed by atoms with Gasteiger partial charge < -0.3 is 14.8 Å². The van der Waals surface area contributed by atoms with E-state index < -0.39 is 0 Å². The van der Waals surface area contributed by atoms with Crippen molar-refractivity contribution in [3.8, 4) is 11.4 Å². The molecule has 1 fully saturated rings. The van der Waals surface area contributed by atoms with E-state index in [1.165, 1.54) is 0 Å². The number of aryl methyl sites for hydroxylation is 1. The third-order valence-corrected chi connectivity index (χ3v) is 5.36. The average molecular weight is 436 g/mol. The van der Waals surface area contributed by atoms with Gasteiger partial charge >= 0.3 is 0 Å². The Kier molecular flexibility index (Phi) is 7.84. The van der Waals surface area contributed by atoms with Crippen molar-refractivity contribution in [3.05, 3.63) is 72.1 Å². The molecule has 1 aliphatic rings. The van der Waals surface area contributed by atoms with E-state index in [9.17, 15) is 4.79 Å². The monoisotopic (exact) mass is 435 g/mol. The van der Waals surface area contributed by atoms with E-state index in [4.69, 9.17) is 9.47 Å². The maximum absolute atomic E-state index is 12.1. The van der Waals surface area contributed by atoms with Crippen LogP contribution in [0.3, 0.4) is 0 Å². The van der Waals surface area contributed by atoms with Gasteiger partial charge in [0.1, 0.15) is 12.4 Å². The molecule has 32 heavy (non-hydrogen) atoms. The Morgan fingerprint density at radius 1 is 1.06 bits per heavy atom. The van der Waals surface area contributed by atoms with E-state index in [2.05, 4.69) is 20.5 Å². The number of aromatic nitrogens is 3. The molecule has 1 aliphatic heterocycles. The van der Waals surface area contributed by atoms with Crippen LogP contribution in [0.1, 0.15) is 17.7 Å². The predicted molar refractivity (Wildman–Crippen MR) is 121 cm³/mol. The van der Waals surface area contributed by atoms with Gasteiger partial charge in [-0.2, -0.15) is 0 Å². The molecule has 0 aliphatic carbocycles. The molecule has 168 valence electrons. The van der Waals surface area contributed by atoms with Crippen LogP contribution in [0.15, 0.2) is 60.8 Å². The summed E-state index contributed by atoms with van der Waals surface area (Å²) in [5.41, 5.74) is 2.77. The molecule has 2 heterocycles. The summed E-state index contributed by atoms with van der Waals surface area (Å²) >= 11 is 0. The number of rotatable bonds is 10. The van der Waals surface area contributed by atoms with Gasteiger partial charge in [0, 0.05) is 39.0 Å². The molecule has 0 spiro atoms. The summed E-state index contributed by atoms with van der Waals surface area (Å²) in [4.78, 5) is 14.4. The Hall–Kier alpha value is -3.23. The lowest BCUT2D eigenvalue weighted by Gasteiger charge is -2.26. The molecule has 4 rings (SSSR count). The molecular formula is C24H29N5O3. The van der Waals surface area contributed by atoms with Gasteiger partial charge in [-0.05, 0) is 29.8 Å². The first-order chi connectivity index (χ1) is 15.8. The minimum absolute atomic E-state index is 0.00184. The smallest absolute Gasteiger partial charge is 0.220 e. The minimum atomic E-state index is 0.00184. The minimum Gasteiger partial charge on any atom is -0.492 e. The van der Waals surface area contributed by atoms with Crippen LogP contribution in [0, 0.1) is 0 Å². The molecule has 1 amide bonds. The summed E-state index contributed by atoms with van der Waals surface area (Å²) in [7, 11) is 0. The van der Waals surface area contributed by atoms with Crippen LogP contribution in [0.2, 0.25) is 0 Å². The second-order valence-electron chi connectivity index (χ2n) is 7.71. The molecule has 0 atom stereocenters. The quantitative estimate of drug-likeness (QED) is 0.526. The van der Waals surface area contributed by atoms with Crippen LogP contribution in [0.4, 0.5) is 0 Å². The second-order valence-corrected chi connectivity index (χ2v) is 7.71. The predicted octanol–water partition coefficient (Wildman–Crippen LogP) is 2.23. The third kappa shape index (κ3) is 6.63. The molecule has 1 saturated heterocycles. The Morgan fingerprint density at radius 3 is 2.62 bits per heavy atom. The SMILES string of the molecule is O=C(CCc1cn(-c2ccc(OCCN3CCOCC3)cc2)nn1)NCc1ccccc1. The topological polar surface area (TPSA) is 81.5 Å². The molecule has 1 aromatic heterocycles. The molecule has 1 N–H and O–H groups in total. The number of amides is 1. The fourth-order valence-corrected chi connectivity index (χ4v) is 3.48. The van der Waals surface area contributed by atoms with Crippen LogP contribution in [0.25, 0.3) is 5.69 Å². The number of nitrogens with one attached hydrogen (secondary N) is 1. The zero-order valence-electron chi connectivity index (χ0n) is 18.2. The molecule has 2 aromatic carbocycles. The van der Waals surface area contributed by atoms with Crippen LogP contribution >= 0.6 is 0 Å². The van der Waals surface area contributed by atoms with Crippen LogP contribution in [0.5, 0.6) is 5.75 Å². The van der Waals surface area contributed by atoms with Gasteiger partial charge in [-0.1, -0.05) is 35.5 Å². The number of ether oxygens (including phenoxy) is 2. The molecular weight excluding hydrogens is 406 g/mol. The summed E-state index contributed by atoms with van der Waals surface area (Å²) in [6, 6.07) is 17.7. The third-order valence-electron chi connectivity index (χ3n) is 5.36. The summed E-state index contributed by atoms with van der Waals surface area (Å²) in [5, 5.41) is 11.3. The summed E-state index contributed by atoms with van der Waals surface area (Å²) in [5.74, 6) is 0.833. The van der Waals surface area contributed by atoms with Gasteiger partial charge in [0.2, 0.25) is 5.91 Å². The maximum Gasteiger partial charge on any atom is 0.220 e. The molecule has 0 saturated carbocycles. The largest absolute Gasteiger partial charge is 0.492 e. The average Bonchev–Trinajstić information content (AvgIpc) is 3.32. The van der Waals surface area contributed by atoms with Gasteiger partial charge in [0.25, 0.3) is 0 Å². The van der Waals surface area contributed by atoms with E-state index in [0.29, 0.717) is 26.0 Å². The number of benzene rings is 2. The van der Waals surface area contributed by atoms with Gasteiger partial charge in [-0.15, -0.1) is 5.10 Å². The van der Waals surface area contributed by atoms with E-state index in [-0.39, 0.29) is 5.91 Å². The first kappa shape index (κ1) is 22.0. The number of carbonyl (C=O) groups excluding carboxylic acids is 1. The highest BCUT2D eigenvalue weighted by Crippen LogP contribution is 2.15. The van der Waals surface area contributed by atoms with Crippen molar-refractivity contribution < 1.29 is 14.3 Å². The fourth-order valence-electron chi connectivity index (χ4n) is 3.48. The highest BCUT2D eigenvalue weighted by atomic mass is 16.5. The summed E-state index contributed by atoms with van der Waals surface area (Å²) in [6.45, 7) is 5.61. The van der Waals surface area contributed by atoms with E-state index in [0.717, 1.165) is 55.5 Å². The van der Waals surface area contributed by atoms with Gasteiger partial charge in [0.05, 0.1) is 30.8 Å². The van der Waals surface area contributed by atoms with Crippen molar-refractivity contribution in [3.63, 3.8) is 0 Å².